The molecule has 0 unspecified atom stereocenters. The molecule has 0 aliphatic heterocycles. The molecule has 0 radical (unpaired) electrons. The fourth-order valence-corrected chi connectivity index (χ4v) is 2.57. The van der Waals surface area contributed by atoms with Gasteiger partial charge < -0.3 is 0 Å². The van der Waals surface area contributed by atoms with E-state index in [0.29, 0.717) is 32.6 Å². The van der Waals surface area contributed by atoms with Crippen LogP contribution in [0.5, 0.6) is 0 Å². The Morgan fingerprint density at radius 2 is 1.75 bits per heavy atom. The van der Waals surface area contributed by atoms with Crippen LogP contribution in [0.25, 0.3) is 0 Å². The summed E-state index contributed by atoms with van der Waals surface area (Å²) in [5, 5.41) is 0.851. The number of hydrogen-bond acceptors (Lipinski definition) is 3. The fraction of sp³-hybridized carbons (Fsp3) is 0. The third kappa shape index (κ3) is 3.70. The van der Waals surface area contributed by atoms with Crippen molar-refractivity contribution in [2.45, 2.75) is 0 Å². The molecule has 0 aliphatic carbocycles. The van der Waals surface area contributed by atoms with Gasteiger partial charge in [-0.15, -0.1) is 0 Å². The van der Waals surface area contributed by atoms with Crippen molar-refractivity contribution in [3.63, 3.8) is 0 Å². The van der Waals surface area contributed by atoms with E-state index in [-0.39, 0.29) is 5.78 Å². The molecule has 2 aromatic carbocycles. The Hall–Kier alpha value is -2.49. The summed E-state index contributed by atoms with van der Waals surface area (Å²) in [5.41, 5.74) is 2.01. The molecule has 0 N–H and O–H groups in total. The van der Waals surface area contributed by atoms with E-state index in [0.717, 1.165) is 0 Å². The zero-order valence-electron chi connectivity index (χ0n) is 12.5. The molecule has 0 saturated heterocycles. The van der Waals surface area contributed by atoms with Gasteiger partial charge in [-0.1, -0.05) is 41.4 Å². The molecule has 3 nitrogen and oxygen atoms in total. The maximum absolute atomic E-state index is 12.8. The second-order valence-corrected chi connectivity index (χ2v) is 5.83. The van der Waals surface area contributed by atoms with Crippen LogP contribution in [-0.4, -0.2) is 17.0 Å². The van der Waals surface area contributed by atoms with E-state index in [1.807, 2.05) is 18.2 Å². The van der Waals surface area contributed by atoms with Crippen molar-refractivity contribution in [3.05, 3.63) is 93.7 Å². The van der Waals surface area contributed by atoms with Crippen molar-refractivity contribution in [3.8, 4) is 0 Å². The lowest BCUT2D eigenvalue weighted by Crippen LogP contribution is -2.02. The second kappa shape index (κ2) is 7.39. The first kappa shape index (κ1) is 16.4. The van der Waals surface area contributed by atoms with Gasteiger partial charge in [0.15, 0.2) is 5.78 Å². The van der Waals surface area contributed by atoms with Gasteiger partial charge in [0.05, 0.1) is 22.6 Å². The first-order chi connectivity index (χ1) is 11.6. The van der Waals surface area contributed by atoms with Gasteiger partial charge in [0.25, 0.3) is 0 Å². The van der Waals surface area contributed by atoms with E-state index in [9.17, 15) is 4.79 Å². The van der Waals surface area contributed by atoms with Crippen LogP contribution in [0.4, 0.5) is 5.69 Å². The quantitative estimate of drug-likeness (QED) is 0.466. The maximum Gasteiger partial charge on any atom is 0.196 e. The van der Waals surface area contributed by atoms with Crippen LogP contribution in [-0.2, 0) is 0 Å². The third-order valence-electron chi connectivity index (χ3n) is 3.35. The fourth-order valence-electron chi connectivity index (χ4n) is 2.18. The number of ketones is 1. The zero-order valence-corrected chi connectivity index (χ0v) is 14.0. The van der Waals surface area contributed by atoms with E-state index in [4.69, 9.17) is 23.2 Å². The highest BCUT2D eigenvalue weighted by Gasteiger charge is 2.16. The lowest BCUT2D eigenvalue weighted by Gasteiger charge is -2.07. The Labute approximate surface area is 149 Å². The number of benzene rings is 2. The molecule has 24 heavy (non-hydrogen) atoms. The summed E-state index contributed by atoms with van der Waals surface area (Å²) in [6.45, 7) is 0. The Bertz CT molecular complexity index is 908. The van der Waals surface area contributed by atoms with Crippen molar-refractivity contribution < 1.29 is 4.79 Å². The highest BCUT2D eigenvalue weighted by molar-refractivity contribution is 6.35. The monoisotopic (exact) mass is 354 g/mol. The minimum Gasteiger partial charge on any atom is -0.288 e. The number of nitrogens with zero attached hydrogens (tertiary/aromatic N) is 2. The molecule has 0 spiro atoms. The van der Waals surface area contributed by atoms with Crippen molar-refractivity contribution >= 4 is 40.9 Å². The average Bonchev–Trinajstić information content (AvgIpc) is 2.61. The topological polar surface area (TPSA) is 42.3 Å². The molecule has 0 saturated carbocycles. The predicted molar refractivity (Wildman–Crippen MR) is 97.8 cm³/mol. The van der Waals surface area contributed by atoms with Gasteiger partial charge in [-0.25, -0.2) is 0 Å². The summed E-state index contributed by atoms with van der Waals surface area (Å²) < 4.78 is 0. The van der Waals surface area contributed by atoms with E-state index in [2.05, 4.69) is 9.98 Å². The number of rotatable bonds is 4. The molecule has 1 heterocycles. The van der Waals surface area contributed by atoms with Crippen molar-refractivity contribution in [1.29, 1.82) is 0 Å². The van der Waals surface area contributed by atoms with Gasteiger partial charge in [0.1, 0.15) is 0 Å². The number of carbonyl (C=O) groups is 1. The number of pyridine rings is 1. The number of carbonyl (C=O) groups excluding carboxylic acids is 1. The van der Waals surface area contributed by atoms with E-state index < -0.39 is 0 Å². The molecular formula is C19H12Cl2N2O. The molecule has 3 rings (SSSR count). The average molecular weight is 355 g/mol. The summed E-state index contributed by atoms with van der Waals surface area (Å²) in [5.74, 6) is -0.226. The van der Waals surface area contributed by atoms with E-state index in [1.54, 1.807) is 54.9 Å². The van der Waals surface area contributed by atoms with Crippen LogP contribution in [0.1, 0.15) is 21.6 Å². The number of hydrogen-bond donors (Lipinski definition) is 0. The van der Waals surface area contributed by atoms with Gasteiger partial charge in [-0.05, 0) is 42.5 Å². The zero-order chi connectivity index (χ0) is 16.9. The summed E-state index contributed by atoms with van der Waals surface area (Å²) in [6, 6.07) is 17.4. The van der Waals surface area contributed by atoms with Gasteiger partial charge in [-0.3, -0.25) is 14.8 Å². The minimum atomic E-state index is -0.226. The Balaban J connectivity index is 2.02. The molecular weight excluding hydrogens is 343 g/mol. The Kier molecular flexibility index (Phi) is 5.04. The van der Waals surface area contributed by atoms with Gasteiger partial charge >= 0.3 is 0 Å². The first-order valence-electron chi connectivity index (χ1n) is 7.19. The Morgan fingerprint density at radius 3 is 2.50 bits per heavy atom. The smallest absolute Gasteiger partial charge is 0.196 e. The van der Waals surface area contributed by atoms with E-state index >= 15 is 0 Å². The molecule has 118 valence electrons. The second-order valence-electron chi connectivity index (χ2n) is 4.98. The lowest BCUT2D eigenvalue weighted by molar-refractivity contribution is 0.103. The van der Waals surface area contributed by atoms with Crippen LogP contribution in [0, 0.1) is 0 Å². The van der Waals surface area contributed by atoms with Crippen molar-refractivity contribution in [1.82, 2.24) is 4.98 Å². The normalized spacial score (nSPS) is 10.9. The van der Waals surface area contributed by atoms with Gasteiger partial charge in [0, 0.05) is 22.3 Å². The van der Waals surface area contributed by atoms with Crippen molar-refractivity contribution in [2.75, 3.05) is 0 Å². The highest BCUT2D eigenvalue weighted by atomic mass is 35.5. The molecule has 0 aliphatic rings. The largest absolute Gasteiger partial charge is 0.288 e. The van der Waals surface area contributed by atoms with E-state index in [1.165, 1.54) is 0 Å². The summed E-state index contributed by atoms with van der Waals surface area (Å²) in [6.07, 6.45) is 3.28. The number of aliphatic imine (C=N–C) groups is 1. The van der Waals surface area contributed by atoms with Crippen LogP contribution < -0.4 is 0 Å². The molecule has 0 fully saturated rings. The van der Waals surface area contributed by atoms with Crippen LogP contribution in [0.3, 0.4) is 0 Å². The van der Waals surface area contributed by atoms with Crippen molar-refractivity contribution in [2.24, 2.45) is 4.99 Å². The molecule has 5 heteroatoms. The van der Waals surface area contributed by atoms with Crippen LogP contribution in [0.15, 0.2) is 71.9 Å². The molecule has 1 aromatic heterocycles. The minimum absolute atomic E-state index is 0.226. The number of halogens is 2. The maximum atomic E-state index is 12.8. The van der Waals surface area contributed by atoms with Gasteiger partial charge in [0.2, 0.25) is 0 Å². The highest BCUT2D eigenvalue weighted by Crippen LogP contribution is 2.28. The molecule has 0 bridgehead atoms. The molecule has 0 amide bonds. The first-order valence-corrected chi connectivity index (χ1v) is 7.94. The number of aromatic nitrogens is 1. The third-order valence-corrected chi connectivity index (χ3v) is 3.91. The summed E-state index contributed by atoms with van der Waals surface area (Å²) >= 11 is 12.2. The lowest BCUT2D eigenvalue weighted by atomic mass is 10.0. The molecule has 0 atom stereocenters. The Morgan fingerprint density at radius 1 is 0.958 bits per heavy atom. The predicted octanol–water partition coefficient (Wildman–Crippen LogP) is 5.37. The summed E-state index contributed by atoms with van der Waals surface area (Å²) in [7, 11) is 0. The van der Waals surface area contributed by atoms with Crippen LogP contribution >= 0.6 is 23.2 Å². The van der Waals surface area contributed by atoms with Gasteiger partial charge in [-0.2, -0.15) is 0 Å². The SMILES string of the molecule is O=C(c1ccccc1Cl)c1cc(Cl)ccc1N=Cc1ccccn1. The standard InChI is InChI=1S/C19H12Cl2N2O/c20-13-8-9-18(23-12-14-5-3-4-10-22-14)16(11-13)19(24)15-6-1-2-7-17(15)21/h1-12H. The van der Waals surface area contributed by atoms with Crippen LogP contribution in [0.2, 0.25) is 10.0 Å². The molecule has 3 aromatic rings. The summed E-state index contributed by atoms with van der Waals surface area (Å²) in [4.78, 5) is 21.4.